The maximum Gasteiger partial charge on any atom is 0.341 e. The molecule has 174 valence electrons. The molecule has 0 radical (unpaired) electrons. The highest BCUT2D eigenvalue weighted by molar-refractivity contribution is 5.95. The van der Waals surface area contributed by atoms with Crippen molar-refractivity contribution >= 4 is 22.8 Å². The molecule has 3 aromatic heterocycles. The molecule has 1 atom stereocenters. The first-order chi connectivity index (χ1) is 17.0. The van der Waals surface area contributed by atoms with Crippen LogP contribution in [0.5, 0.6) is 0 Å². The van der Waals surface area contributed by atoms with Crippen LogP contribution in [0.2, 0.25) is 0 Å². The largest absolute Gasteiger partial charge is 0.449 e. The number of aromatic nitrogens is 3. The first kappa shape index (κ1) is 20.4. The topological polar surface area (TPSA) is 77.3 Å². The number of likely N-dealkylation sites (tertiary alicyclic amines) is 1. The fraction of sp³-hybridized carbons (Fsp3) is 0.286. The molecule has 4 aromatic rings. The number of hydrogen-bond donors (Lipinski definition) is 0. The van der Waals surface area contributed by atoms with Crippen molar-refractivity contribution in [1.82, 2.24) is 19.4 Å². The van der Waals surface area contributed by atoms with E-state index in [1.807, 2.05) is 36.3 Å². The average molecular weight is 465 g/mol. The van der Waals surface area contributed by atoms with Crippen LogP contribution in [0.1, 0.15) is 40.7 Å². The molecular weight excluding hydrogens is 440 g/mol. The maximum atomic E-state index is 13.7. The molecule has 2 fully saturated rings. The van der Waals surface area contributed by atoms with E-state index in [9.17, 15) is 9.59 Å². The third-order valence-corrected chi connectivity index (χ3v) is 8.00. The van der Waals surface area contributed by atoms with Crippen LogP contribution in [0.25, 0.3) is 22.2 Å². The first-order valence-electron chi connectivity index (χ1n) is 12.0. The molecule has 1 aromatic carbocycles. The van der Waals surface area contributed by atoms with E-state index in [-0.39, 0.29) is 11.9 Å². The van der Waals surface area contributed by atoms with Gasteiger partial charge in [0.05, 0.1) is 23.2 Å². The number of aryl methyl sites for hydroxylation is 1. The van der Waals surface area contributed by atoms with Gasteiger partial charge in [0.25, 0.3) is 0 Å². The number of nitrogens with zero attached hydrogens (tertiary/aromatic N) is 4. The third kappa shape index (κ3) is 2.90. The Morgan fingerprint density at radius 2 is 1.94 bits per heavy atom. The highest BCUT2D eigenvalue weighted by Crippen LogP contribution is 2.52. The van der Waals surface area contributed by atoms with Gasteiger partial charge in [-0.05, 0) is 48.7 Å². The van der Waals surface area contributed by atoms with Crippen LogP contribution in [0, 0.1) is 0 Å². The molecule has 7 nitrogen and oxygen atoms in total. The van der Waals surface area contributed by atoms with Gasteiger partial charge in [-0.25, -0.2) is 4.79 Å². The van der Waals surface area contributed by atoms with Crippen molar-refractivity contribution in [2.45, 2.75) is 30.3 Å². The Bertz CT molecular complexity index is 1520. The molecule has 0 bridgehead atoms. The quantitative estimate of drug-likeness (QED) is 0.429. The lowest BCUT2D eigenvalue weighted by Crippen LogP contribution is -2.40. The number of hydrogen-bond acceptors (Lipinski definition) is 5. The summed E-state index contributed by atoms with van der Waals surface area (Å²) in [7, 11) is 2.04. The predicted octanol–water partition coefficient (Wildman–Crippen LogP) is 3.97. The van der Waals surface area contributed by atoms with Crippen LogP contribution >= 0.6 is 0 Å². The molecule has 7 heteroatoms. The summed E-state index contributed by atoms with van der Waals surface area (Å²) < 4.78 is 7.91. The van der Waals surface area contributed by atoms with Gasteiger partial charge in [0, 0.05) is 66.8 Å². The molecule has 3 aliphatic rings. The maximum absolute atomic E-state index is 13.7. The number of carbonyl (C=O) groups excluding carboxylic acids is 2. The average Bonchev–Trinajstić information content (AvgIpc) is 3.35. The van der Waals surface area contributed by atoms with E-state index in [1.165, 1.54) is 10.9 Å². The molecule has 0 N–H and O–H groups in total. The van der Waals surface area contributed by atoms with E-state index < -0.39 is 11.0 Å². The van der Waals surface area contributed by atoms with Crippen LogP contribution < -0.4 is 0 Å². The van der Waals surface area contributed by atoms with Crippen molar-refractivity contribution in [3.63, 3.8) is 0 Å². The monoisotopic (exact) mass is 464 g/mol. The lowest BCUT2D eigenvalue weighted by molar-refractivity contribution is -0.134. The lowest BCUT2D eigenvalue weighted by Gasteiger charge is -2.26. The summed E-state index contributed by atoms with van der Waals surface area (Å²) in [6, 6.07) is 14.4. The van der Waals surface area contributed by atoms with E-state index >= 15 is 0 Å². The van der Waals surface area contributed by atoms with E-state index in [1.54, 1.807) is 12.4 Å². The van der Waals surface area contributed by atoms with E-state index in [4.69, 9.17) is 9.72 Å². The molecule has 2 aliphatic heterocycles. The standard InChI is InChI=1S/C28H24N4O3/c1-31-12-7-19-14-18(2-5-24(19)31)23-4-3-20(15-30-23)27(8-9-27)26(34)32-13-10-28(17-32)22-6-11-29-16-21(22)25(33)35-28/h2-7,11-12,14-16H,8-10,13,17H2,1H3. The summed E-state index contributed by atoms with van der Waals surface area (Å²) in [6.45, 7) is 0.956. The van der Waals surface area contributed by atoms with Crippen molar-refractivity contribution < 1.29 is 14.3 Å². The van der Waals surface area contributed by atoms with Crippen LogP contribution in [0.15, 0.2) is 67.3 Å². The highest BCUT2D eigenvalue weighted by atomic mass is 16.6. The van der Waals surface area contributed by atoms with Gasteiger partial charge in [-0.2, -0.15) is 0 Å². The third-order valence-electron chi connectivity index (χ3n) is 8.00. The Balaban J connectivity index is 1.14. The Hall–Kier alpha value is -4.00. The van der Waals surface area contributed by atoms with Gasteiger partial charge in [-0.3, -0.25) is 14.8 Å². The zero-order valence-electron chi connectivity index (χ0n) is 19.4. The molecule has 1 aliphatic carbocycles. The Morgan fingerprint density at radius 3 is 2.74 bits per heavy atom. The number of carbonyl (C=O) groups is 2. The summed E-state index contributed by atoms with van der Waals surface area (Å²) >= 11 is 0. The molecule has 5 heterocycles. The molecule has 1 spiro atoms. The molecule has 1 amide bonds. The summed E-state index contributed by atoms with van der Waals surface area (Å²) in [4.78, 5) is 36.8. The Kier molecular flexibility index (Phi) is 4.08. The molecule has 1 saturated carbocycles. The molecule has 7 rings (SSSR count). The van der Waals surface area contributed by atoms with Gasteiger partial charge >= 0.3 is 5.97 Å². The van der Waals surface area contributed by atoms with Crippen LogP contribution in [-0.2, 0) is 27.6 Å². The molecular formula is C28H24N4O3. The van der Waals surface area contributed by atoms with Gasteiger partial charge < -0.3 is 14.2 Å². The second-order valence-corrected chi connectivity index (χ2v) is 10.00. The number of amides is 1. The zero-order chi connectivity index (χ0) is 23.8. The zero-order valence-corrected chi connectivity index (χ0v) is 19.4. The lowest BCUT2D eigenvalue weighted by atomic mass is 9.92. The first-order valence-corrected chi connectivity index (χ1v) is 12.0. The van der Waals surface area contributed by atoms with Crippen molar-refractivity contribution in [1.29, 1.82) is 0 Å². The fourth-order valence-corrected chi connectivity index (χ4v) is 5.84. The molecule has 1 unspecified atom stereocenters. The van der Waals surface area contributed by atoms with Gasteiger partial charge in [-0.15, -0.1) is 0 Å². The van der Waals surface area contributed by atoms with Crippen LogP contribution in [0.4, 0.5) is 0 Å². The van der Waals surface area contributed by atoms with Crippen LogP contribution in [-0.4, -0.2) is 44.4 Å². The minimum absolute atomic E-state index is 0.105. The SMILES string of the molecule is Cn1ccc2cc(-c3ccc(C4(C(=O)N5CCC6(C5)OC(=O)c5cnccc56)CC4)cn3)ccc21. The summed E-state index contributed by atoms with van der Waals surface area (Å²) in [5.74, 6) is -0.245. The van der Waals surface area contributed by atoms with Crippen molar-refractivity contribution in [3.8, 4) is 11.3 Å². The summed E-state index contributed by atoms with van der Waals surface area (Å²) in [6.07, 6.45) is 9.38. The van der Waals surface area contributed by atoms with Gasteiger partial charge in [0.2, 0.25) is 5.91 Å². The van der Waals surface area contributed by atoms with Crippen molar-refractivity contribution in [2.24, 2.45) is 7.05 Å². The van der Waals surface area contributed by atoms with E-state index in [0.717, 1.165) is 35.2 Å². The minimum Gasteiger partial charge on any atom is -0.449 e. The number of fused-ring (bicyclic) bond motifs is 3. The second kappa shape index (κ2) is 7.01. The van der Waals surface area contributed by atoms with E-state index in [0.29, 0.717) is 25.1 Å². The fourth-order valence-electron chi connectivity index (χ4n) is 5.84. The number of ether oxygens (including phenoxy) is 1. The minimum atomic E-state index is -0.751. The highest BCUT2D eigenvalue weighted by Gasteiger charge is 2.58. The normalized spacial score (nSPS) is 22.0. The van der Waals surface area contributed by atoms with Crippen molar-refractivity contribution in [2.75, 3.05) is 13.1 Å². The van der Waals surface area contributed by atoms with Gasteiger partial charge in [-0.1, -0.05) is 12.1 Å². The van der Waals surface area contributed by atoms with E-state index in [2.05, 4.69) is 40.0 Å². The predicted molar refractivity (Wildman–Crippen MR) is 130 cm³/mol. The second-order valence-electron chi connectivity index (χ2n) is 10.00. The Morgan fingerprint density at radius 1 is 1.06 bits per heavy atom. The number of pyridine rings is 2. The Labute approximate surface area is 202 Å². The van der Waals surface area contributed by atoms with Crippen molar-refractivity contribution in [3.05, 3.63) is 83.9 Å². The smallest absolute Gasteiger partial charge is 0.341 e. The summed E-state index contributed by atoms with van der Waals surface area (Å²) in [5, 5.41) is 1.18. The summed E-state index contributed by atoms with van der Waals surface area (Å²) in [5.41, 5.74) is 4.18. The molecule has 1 saturated heterocycles. The van der Waals surface area contributed by atoms with Gasteiger partial charge in [0.1, 0.15) is 0 Å². The van der Waals surface area contributed by atoms with Gasteiger partial charge in [0.15, 0.2) is 5.60 Å². The number of benzene rings is 1. The number of rotatable bonds is 3. The van der Waals surface area contributed by atoms with Crippen LogP contribution in [0.3, 0.4) is 0 Å². The number of esters is 1. The molecule has 35 heavy (non-hydrogen) atoms.